The first-order valence-electron chi connectivity index (χ1n) is 5.89. The van der Waals surface area contributed by atoms with Crippen LogP contribution in [0.4, 0.5) is 0 Å². The third-order valence-electron chi connectivity index (χ3n) is 2.68. The molecule has 104 valence electrons. The van der Waals surface area contributed by atoms with Gasteiger partial charge in [0.25, 0.3) is 0 Å². The molecule has 0 aliphatic carbocycles. The van der Waals surface area contributed by atoms with Crippen molar-refractivity contribution in [1.29, 1.82) is 0 Å². The first-order valence-corrected chi connectivity index (χ1v) is 7.44. The number of hydrogen-bond donors (Lipinski definition) is 0. The molecule has 0 aromatic heterocycles. The molecule has 0 bridgehead atoms. The zero-order chi connectivity index (χ0) is 14.7. The number of ether oxygens (including phenoxy) is 1. The van der Waals surface area contributed by atoms with Crippen molar-refractivity contribution in [3.8, 4) is 5.75 Å². The molecule has 0 amide bonds. The number of ketones is 1. The van der Waals surface area contributed by atoms with Crippen LogP contribution < -0.4 is 4.74 Å². The van der Waals surface area contributed by atoms with Crippen LogP contribution >= 0.6 is 39.1 Å². The molecule has 20 heavy (non-hydrogen) atoms. The van der Waals surface area contributed by atoms with E-state index < -0.39 is 6.10 Å². The Morgan fingerprint density at radius 2 is 1.95 bits per heavy atom. The summed E-state index contributed by atoms with van der Waals surface area (Å²) in [5, 5.41) is 0.967. The SMILES string of the molecule is CC(Oc1ccc(Br)cc1Cl)C(=O)c1cccc(Cl)c1. The van der Waals surface area contributed by atoms with Gasteiger partial charge >= 0.3 is 0 Å². The van der Waals surface area contributed by atoms with E-state index in [2.05, 4.69) is 15.9 Å². The summed E-state index contributed by atoms with van der Waals surface area (Å²) in [5.41, 5.74) is 0.512. The molecule has 0 radical (unpaired) electrons. The number of rotatable bonds is 4. The van der Waals surface area contributed by atoms with Gasteiger partial charge in [0, 0.05) is 15.1 Å². The minimum atomic E-state index is -0.646. The van der Waals surface area contributed by atoms with Crippen molar-refractivity contribution in [2.75, 3.05) is 0 Å². The van der Waals surface area contributed by atoms with Gasteiger partial charge in [0.15, 0.2) is 6.10 Å². The highest BCUT2D eigenvalue weighted by Gasteiger charge is 2.18. The molecule has 0 saturated heterocycles. The van der Waals surface area contributed by atoms with E-state index in [1.165, 1.54) is 0 Å². The number of benzene rings is 2. The Morgan fingerprint density at radius 3 is 2.60 bits per heavy atom. The predicted molar refractivity (Wildman–Crippen MR) is 85.0 cm³/mol. The van der Waals surface area contributed by atoms with E-state index in [1.54, 1.807) is 49.4 Å². The summed E-state index contributed by atoms with van der Waals surface area (Å²) in [6, 6.07) is 12.0. The minimum Gasteiger partial charge on any atom is -0.481 e. The summed E-state index contributed by atoms with van der Waals surface area (Å²) in [5.74, 6) is 0.323. The number of carbonyl (C=O) groups excluding carboxylic acids is 1. The molecular formula is C15H11BrCl2O2. The van der Waals surface area contributed by atoms with Crippen molar-refractivity contribution in [1.82, 2.24) is 0 Å². The summed E-state index contributed by atoms with van der Waals surface area (Å²) in [6.07, 6.45) is -0.646. The Labute approximate surface area is 135 Å². The Kier molecular flexibility index (Phi) is 5.08. The molecule has 1 atom stereocenters. The molecule has 0 aliphatic rings. The smallest absolute Gasteiger partial charge is 0.203 e. The highest BCUT2D eigenvalue weighted by Crippen LogP contribution is 2.29. The van der Waals surface area contributed by atoms with Crippen LogP contribution in [0.25, 0.3) is 0 Å². The van der Waals surface area contributed by atoms with Crippen LogP contribution in [0.1, 0.15) is 17.3 Å². The molecular weight excluding hydrogens is 363 g/mol. The third-order valence-corrected chi connectivity index (χ3v) is 3.70. The monoisotopic (exact) mass is 372 g/mol. The molecule has 0 spiro atoms. The summed E-state index contributed by atoms with van der Waals surface area (Å²) < 4.78 is 6.46. The Balaban J connectivity index is 2.15. The van der Waals surface area contributed by atoms with E-state index in [-0.39, 0.29) is 5.78 Å². The normalized spacial score (nSPS) is 12.0. The molecule has 0 heterocycles. The van der Waals surface area contributed by atoms with Crippen LogP contribution in [0.3, 0.4) is 0 Å². The zero-order valence-corrected chi connectivity index (χ0v) is 13.7. The Hall–Kier alpha value is -1.03. The molecule has 0 N–H and O–H groups in total. The minimum absolute atomic E-state index is 0.147. The lowest BCUT2D eigenvalue weighted by Crippen LogP contribution is -2.24. The maximum atomic E-state index is 12.2. The van der Waals surface area contributed by atoms with Gasteiger partial charge in [-0.2, -0.15) is 0 Å². The second-order valence-corrected chi connectivity index (χ2v) is 5.97. The number of hydrogen-bond acceptors (Lipinski definition) is 2. The van der Waals surface area contributed by atoms with Gasteiger partial charge in [-0.05, 0) is 37.3 Å². The molecule has 1 unspecified atom stereocenters. The zero-order valence-electron chi connectivity index (χ0n) is 10.6. The first-order chi connectivity index (χ1) is 9.47. The lowest BCUT2D eigenvalue weighted by molar-refractivity contribution is 0.0818. The standard InChI is InChI=1S/C15H11BrCl2O2/c1-9(15(19)10-3-2-4-12(17)7-10)20-14-6-5-11(16)8-13(14)18/h2-9H,1H3. The van der Waals surface area contributed by atoms with Gasteiger partial charge in [0.2, 0.25) is 5.78 Å². The van der Waals surface area contributed by atoms with Gasteiger partial charge in [0.1, 0.15) is 5.75 Å². The Bertz CT molecular complexity index is 644. The molecule has 2 nitrogen and oxygen atoms in total. The van der Waals surface area contributed by atoms with E-state index in [9.17, 15) is 4.79 Å². The van der Waals surface area contributed by atoms with Crippen LogP contribution in [-0.2, 0) is 0 Å². The quantitative estimate of drug-likeness (QED) is 0.670. The lowest BCUT2D eigenvalue weighted by atomic mass is 10.1. The molecule has 2 rings (SSSR count). The van der Waals surface area contributed by atoms with Gasteiger partial charge < -0.3 is 4.74 Å². The fourth-order valence-electron chi connectivity index (χ4n) is 1.69. The number of halogens is 3. The topological polar surface area (TPSA) is 26.3 Å². The molecule has 0 saturated carbocycles. The highest BCUT2D eigenvalue weighted by atomic mass is 79.9. The second kappa shape index (κ2) is 6.61. The molecule has 0 aliphatic heterocycles. The van der Waals surface area contributed by atoms with Crippen LogP contribution in [0, 0.1) is 0 Å². The van der Waals surface area contributed by atoms with E-state index in [0.29, 0.717) is 21.4 Å². The Morgan fingerprint density at radius 1 is 1.20 bits per heavy atom. The van der Waals surface area contributed by atoms with Gasteiger partial charge in [-0.1, -0.05) is 51.3 Å². The number of carbonyl (C=O) groups is 1. The van der Waals surface area contributed by atoms with Crippen molar-refractivity contribution in [3.63, 3.8) is 0 Å². The third kappa shape index (κ3) is 3.75. The van der Waals surface area contributed by atoms with E-state index >= 15 is 0 Å². The summed E-state index contributed by atoms with van der Waals surface area (Å²) >= 11 is 15.3. The van der Waals surface area contributed by atoms with Crippen molar-refractivity contribution >= 4 is 44.9 Å². The highest BCUT2D eigenvalue weighted by molar-refractivity contribution is 9.10. The average molecular weight is 374 g/mol. The van der Waals surface area contributed by atoms with Crippen molar-refractivity contribution in [3.05, 3.63) is 62.5 Å². The summed E-state index contributed by atoms with van der Waals surface area (Å²) in [6.45, 7) is 1.68. The van der Waals surface area contributed by atoms with E-state index in [4.69, 9.17) is 27.9 Å². The van der Waals surface area contributed by atoms with Crippen molar-refractivity contribution in [2.24, 2.45) is 0 Å². The van der Waals surface area contributed by atoms with Crippen LogP contribution in [-0.4, -0.2) is 11.9 Å². The van der Waals surface area contributed by atoms with Gasteiger partial charge in [-0.15, -0.1) is 0 Å². The number of Topliss-reactive ketones (excluding diaryl/α,β-unsaturated/α-hetero) is 1. The molecule has 2 aromatic carbocycles. The first kappa shape index (κ1) is 15.4. The van der Waals surface area contributed by atoms with Gasteiger partial charge in [-0.25, -0.2) is 0 Å². The molecule has 0 fully saturated rings. The molecule has 5 heteroatoms. The molecule has 2 aromatic rings. The van der Waals surface area contributed by atoms with Crippen LogP contribution in [0.15, 0.2) is 46.9 Å². The largest absolute Gasteiger partial charge is 0.481 e. The van der Waals surface area contributed by atoms with E-state index in [1.807, 2.05) is 0 Å². The van der Waals surface area contributed by atoms with Gasteiger partial charge in [0.05, 0.1) is 5.02 Å². The average Bonchev–Trinajstić information content (AvgIpc) is 2.41. The maximum absolute atomic E-state index is 12.2. The summed E-state index contributed by atoms with van der Waals surface area (Å²) in [7, 11) is 0. The van der Waals surface area contributed by atoms with Crippen LogP contribution in [0.5, 0.6) is 5.75 Å². The van der Waals surface area contributed by atoms with Gasteiger partial charge in [-0.3, -0.25) is 4.79 Å². The summed E-state index contributed by atoms with van der Waals surface area (Å²) in [4.78, 5) is 12.2. The van der Waals surface area contributed by atoms with Crippen molar-refractivity contribution in [2.45, 2.75) is 13.0 Å². The maximum Gasteiger partial charge on any atom is 0.203 e. The second-order valence-electron chi connectivity index (χ2n) is 4.21. The fraction of sp³-hybridized carbons (Fsp3) is 0.133. The predicted octanol–water partition coefficient (Wildman–Crippen LogP) is 5.41. The lowest BCUT2D eigenvalue weighted by Gasteiger charge is -2.15. The fourth-order valence-corrected chi connectivity index (χ4v) is 2.60. The van der Waals surface area contributed by atoms with E-state index in [0.717, 1.165) is 4.47 Å². The van der Waals surface area contributed by atoms with Crippen LogP contribution in [0.2, 0.25) is 10.0 Å². The van der Waals surface area contributed by atoms with Crippen molar-refractivity contribution < 1.29 is 9.53 Å².